The molecular formula is C23H28N2O3S. The van der Waals surface area contributed by atoms with E-state index in [9.17, 15) is 4.79 Å². The third-order valence-corrected chi connectivity index (χ3v) is 5.78. The zero-order chi connectivity index (χ0) is 20.6. The van der Waals surface area contributed by atoms with Crippen LogP contribution in [0.4, 0.5) is 0 Å². The third kappa shape index (κ3) is 5.34. The van der Waals surface area contributed by atoms with E-state index in [2.05, 4.69) is 35.5 Å². The maximum atomic E-state index is 12.8. The van der Waals surface area contributed by atoms with Crippen LogP contribution in [0.1, 0.15) is 42.1 Å². The quantitative estimate of drug-likeness (QED) is 0.466. The first-order chi connectivity index (χ1) is 14.1. The first-order valence-corrected chi connectivity index (χ1v) is 10.9. The van der Waals surface area contributed by atoms with E-state index in [1.54, 1.807) is 19.2 Å². The second-order valence-corrected chi connectivity index (χ2v) is 7.96. The summed E-state index contributed by atoms with van der Waals surface area (Å²) in [5.74, 6) is 0.531. The number of aromatic nitrogens is 1. The normalized spacial score (nSPS) is 11.9. The fraction of sp³-hybridized carbons (Fsp3) is 0.391. The summed E-state index contributed by atoms with van der Waals surface area (Å²) in [7, 11) is 1.68. The predicted octanol–water partition coefficient (Wildman–Crippen LogP) is 4.97. The Hall–Kier alpha value is -2.44. The number of carbonyl (C=O) groups excluding carboxylic acids is 1. The van der Waals surface area contributed by atoms with Gasteiger partial charge >= 0.3 is 0 Å². The molecule has 0 aliphatic rings. The van der Waals surface area contributed by atoms with Gasteiger partial charge in [0.15, 0.2) is 4.80 Å². The van der Waals surface area contributed by atoms with Gasteiger partial charge in [-0.2, -0.15) is 4.99 Å². The summed E-state index contributed by atoms with van der Waals surface area (Å²) in [5, 5.41) is 0. The molecule has 6 heteroatoms. The van der Waals surface area contributed by atoms with Crippen LogP contribution in [-0.2, 0) is 11.3 Å². The van der Waals surface area contributed by atoms with E-state index >= 15 is 0 Å². The van der Waals surface area contributed by atoms with Crippen molar-refractivity contribution in [2.75, 3.05) is 20.3 Å². The van der Waals surface area contributed by atoms with Gasteiger partial charge in [0.25, 0.3) is 5.91 Å². The topological polar surface area (TPSA) is 52.8 Å². The Morgan fingerprint density at radius 3 is 2.62 bits per heavy atom. The zero-order valence-corrected chi connectivity index (χ0v) is 18.1. The molecule has 0 aliphatic heterocycles. The van der Waals surface area contributed by atoms with Gasteiger partial charge in [0.1, 0.15) is 5.75 Å². The molecule has 29 heavy (non-hydrogen) atoms. The van der Waals surface area contributed by atoms with Crippen molar-refractivity contribution in [2.45, 2.75) is 39.7 Å². The van der Waals surface area contributed by atoms with Crippen molar-refractivity contribution in [1.82, 2.24) is 4.57 Å². The van der Waals surface area contributed by atoms with Crippen LogP contribution in [0.3, 0.4) is 0 Å². The van der Waals surface area contributed by atoms with Crippen LogP contribution in [0.25, 0.3) is 10.2 Å². The Kier molecular flexibility index (Phi) is 7.61. The van der Waals surface area contributed by atoms with E-state index < -0.39 is 0 Å². The van der Waals surface area contributed by atoms with Gasteiger partial charge in [-0.1, -0.05) is 43.2 Å². The van der Waals surface area contributed by atoms with E-state index in [4.69, 9.17) is 9.47 Å². The Morgan fingerprint density at radius 2 is 1.90 bits per heavy atom. The molecule has 0 spiro atoms. The lowest BCUT2D eigenvalue weighted by Gasteiger charge is -2.07. The fourth-order valence-electron chi connectivity index (χ4n) is 3.17. The van der Waals surface area contributed by atoms with Crippen molar-refractivity contribution in [1.29, 1.82) is 0 Å². The number of thiazole rings is 1. The second-order valence-electron chi connectivity index (χ2n) is 6.95. The van der Waals surface area contributed by atoms with Crippen molar-refractivity contribution in [3.63, 3.8) is 0 Å². The molecule has 0 aliphatic carbocycles. The molecule has 0 bridgehead atoms. The van der Waals surface area contributed by atoms with Crippen LogP contribution in [0.15, 0.2) is 47.5 Å². The molecule has 0 atom stereocenters. The monoisotopic (exact) mass is 412 g/mol. The van der Waals surface area contributed by atoms with Crippen molar-refractivity contribution >= 4 is 27.5 Å². The third-order valence-electron chi connectivity index (χ3n) is 4.74. The van der Waals surface area contributed by atoms with E-state index in [0.717, 1.165) is 34.4 Å². The lowest BCUT2D eigenvalue weighted by Crippen LogP contribution is -2.19. The molecule has 0 saturated heterocycles. The fourth-order valence-corrected chi connectivity index (χ4v) is 4.30. The molecule has 0 radical (unpaired) electrons. The highest BCUT2D eigenvalue weighted by atomic mass is 32.1. The van der Waals surface area contributed by atoms with E-state index in [0.29, 0.717) is 30.1 Å². The smallest absolute Gasteiger partial charge is 0.279 e. The van der Waals surface area contributed by atoms with E-state index in [1.165, 1.54) is 17.8 Å². The highest BCUT2D eigenvalue weighted by Gasteiger charge is 2.11. The van der Waals surface area contributed by atoms with Gasteiger partial charge in [-0.15, -0.1) is 0 Å². The number of carbonyl (C=O) groups is 1. The molecule has 1 amide bonds. The minimum atomic E-state index is -0.252. The predicted molar refractivity (Wildman–Crippen MR) is 118 cm³/mol. The number of nitrogens with zero attached hydrogens (tertiary/aromatic N) is 2. The number of hydrogen-bond donors (Lipinski definition) is 0. The molecule has 2 aromatic carbocycles. The summed E-state index contributed by atoms with van der Waals surface area (Å²) >= 11 is 1.53. The maximum absolute atomic E-state index is 12.8. The molecule has 3 rings (SSSR count). The summed E-state index contributed by atoms with van der Waals surface area (Å²) < 4.78 is 14.2. The highest BCUT2D eigenvalue weighted by molar-refractivity contribution is 7.16. The number of hydrogen-bond acceptors (Lipinski definition) is 4. The van der Waals surface area contributed by atoms with Crippen LogP contribution >= 0.6 is 11.3 Å². The number of fused-ring (bicyclic) bond motifs is 1. The molecular weight excluding hydrogens is 384 g/mol. The van der Waals surface area contributed by atoms with Crippen molar-refractivity contribution in [2.24, 2.45) is 4.99 Å². The number of rotatable bonds is 9. The number of para-hydroxylation sites is 1. The molecule has 3 aromatic rings. The Labute approximate surface area is 175 Å². The number of ether oxygens (including phenoxy) is 2. The maximum Gasteiger partial charge on any atom is 0.279 e. The first kappa shape index (κ1) is 21.3. The summed E-state index contributed by atoms with van der Waals surface area (Å²) in [4.78, 5) is 17.9. The zero-order valence-electron chi connectivity index (χ0n) is 17.3. The molecule has 5 nitrogen and oxygen atoms in total. The van der Waals surface area contributed by atoms with E-state index in [-0.39, 0.29) is 5.91 Å². The largest absolute Gasteiger partial charge is 0.494 e. The van der Waals surface area contributed by atoms with Gasteiger partial charge in [0.2, 0.25) is 0 Å². The van der Waals surface area contributed by atoms with Crippen LogP contribution < -0.4 is 9.54 Å². The number of methoxy groups -OCH3 is 1. The van der Waals surface area contributed by atoms with Crippen LogP contribution in [-0.4, -0.2) is 30.8 Å². The van der Waals surface area contributed by atoms with Crippen molar-refractivity contribution in [3.8, 4) is 5.75 Å². The summed E-state index contributed by atoms with van der Waals surface area (Å²) in [6.45, 7) is 6.15. The molecule has 1 aromatic heterocycles. The lowest BCUT2D eigenvalue weighted by molar-refractivity contribution is 0.0997. The number of unbranched alkanes of at least 4 members (excludes halogenated alkanes) is 2. The summed E-state index contributed by atoms with van der Waals surface area (Å²) in [5.41, 5.74) is 2.82. The molecule has 0 fully saturated rings. The number of amides is 1. The van der Waals surface area contributed by atoms with Crippen LogP contribution in [0.5, 0.6) is 5.75 Å². The summed E-state index contributed by atoms with van der Waals surface area (Å²) in [6, 6.07) is 13.4. The van der Waals surface area contributed by atoms with Crippen molar-refractivity contribution in [3.05, 3.63) is 58.4 Å². The number of aryl methyl sites for hydroxylation is 1. The molecule has 0 N–H and O–H groups in total. The minimum absolute atomic E-state index is 0.252. The second kappa shape index (κ2) is 10.4. The number of benzene rings is 2. The van der Waals surface area contributed by atoms with Gasteiger partial charge in [0, 0.05) is 19.2 Å². The Balaban J connectivity index is 1.84. The SMILES string of the molecule is CCCCCOc1ccc(C(=O)N=c2sc3cccc(C)c3n2CCOC)cc1. The first-order valence-electron chi connectivity index (χ1n) is 10.0. The minimum Gasteiger partial charge on any atom is -0.494 e. The Morgan fingerprint density at radius 1 is 1.10 bits per heavy atom. The highest BCUT2D eigenvalue weighted by Crippen LogP contribution is 2.21. The van der Waals surface area contributed by atoms with Gasteiger partial charge in [0.05, 0.1) is 23.4 Å². The standard InChI is InChI=1S/C23H28N2O3S/c1-4-5-6-15-28-19-12-10-18(11-13-19)22(26)24-23-25(14-16-27-3)21-17(2)8-7-9-20(21)29-23/h7-13H,4-6,14-16H2,1-3H3. The van der Waals surface area contributed by atoms with Gasteiger partial charge in [-0.25, -0.2) is 0 Å². The summed E-state index contributed by atoms with van der Waals surface area (Å²) in [6.07, 6.45) is 3.37. The molecule has 1 heterocycles. The average Bonchev–Trinajstić information content (AvgIpc) is 3.08. The molecule has 0 saturated carbocycles. The molecule has 154 valence electrons. The van der Waals surface area contributed by atoms with Gasteiger partial charge in [-0.05, 0) is 49.2 Å². The van der Waals surface area contributed by atoms with Crippen LogP contribution in [0, 0.1) is 6.92 Å². The average molecular weight is 413 g/mol. The Bertz CT molecular complexity index is 1020. The lowest BCUT2D eigenvalue weighted by atomic mass is 10.2. The van der Waals surface area contributed by atoms with Crippen LogP contribution in [0.2, 0.25) is 0 Å². The van der Waals surface area contributed by atoms with E-state index in [1.807, 2.05) is 18.2 Å². The van der Waals surface area contributed by atoms with Gasteiger partial charge in [-0.3, -0.25) is 4.79 Å². The van der Waals surface area contributed by atoms with Gasteiger partial charge < -0.3 is 14.0 Å². The molecule has 0 unspecified atom stereocenters. The van der Waals surface area contributed by atoms with Crippen molar-refractivity contribution < 1.29 is 14.3 Å².